The Labute approximate surface area is 394 Å². The molecule has 2 saturated heterocycles. The van der Waals surface area contributed by atoms with Crippen LogP contribution in [0.5, 0.6) is 17.4 Å². The van der Waals surface area contributed by atoms with E-state index in [0.717, 1.165) is 82.8 Å². The number of aromatic nitrogens is 2. The van der Waals surface area contributed by atoms with Gasteiger partial charge in [0.05, 0.1) is 33.7 Å². The van der Waals surface area contributed by atoms with Crippen LogP contribution in [0.3, 0.4) is 0 Å². The summed E-state index contributed by atoms with van der Waals surface area (Å²) in [6.07, 6.45) is 8.64. The van der Waals surface area contributed by atoms with Crippen LogP contribution in [-0.2, 0) is 15.9 Å². The minimum Gasteiger partial charge on any atom is -0.475 e. The molecule has 4 heterocycles. The summed E-state index contributed by atoms with van der Waals surface area (Å²) in [4.78, 5) is 37.5. The molecule has 5 aromatic rings. The number of aliphatic hydroxyl groups is 1. The zero-order valence-electron chi connectivity index (χ0n) is 38.5. The number of amides is 1. The second-order valence-electron chi connectivity index (χ2n) is 19.5. The maximum Gasteiger partial charge on any atom is 0.270 e. The van der Waals surface area contributed by atoms with Gasteiger partial charge in [-0.25, -0.2) is 26.3 Å². The van der Waals surface area contributed by atoms with Crippen molar-refractivity contribution in [2.45, 2.75) is 107 Å². The van der Waals surface area contributed by atoms with Crippen molar-refractivity contribution in [3.63, 3.8) is 0 Å². The number of ether oxygens (including phenoxy) is 2. The van der Waals surface area contributed by atoms with Crippen LogP contribution in [0.15, 0.2) is 83.0 Å². The molecule has 2 saturated carbocycles. The molecule has 362 valence electrons. The van der Waals surface area contributed by atoms with E-state index in [9.17, 15) is 36.4 Å². The van der Waals surface area contributed by atoms with Crippen LogP contribution in [0.25, 0.3) is 11.0 Å². The van der Waals surface area contributed by atoms with E-state index >= 15 is 0 Å². The Kier molecular flexibility index (Phi) is 13.0. The molecule has 0 radical (unpaired) electrons. The van der Waals surface area contributed by atoms with Crippen LogP contribution in [0.2, 0.25) is 0 Å². The lowest BCUT2D eigenvalue weighted by Crippen LogP contribution is -2.63. The van der Waals surface area contributed by atoms with E-state index in [1.54, 1.807) is 31.2 Å². The molecule has 0 unspecified atom stereocenters. The van der Waals surface area contributed by atoms with Gasteiger partial charge in [-0.2, -0.15) is 4.98 Å². The summed E-state index contributed by atoms with van der Waals surface area (Å²) in [7, 11) is -4.57. The van der Waals surface area contributed by atoms with Gasteiger partial charge in [0.15, 0.2) is 5.75 Å². The number of piperidine rings is 1. The van der Waals surface area contributed by atoms with Crippen LogP contribution in [-0.4, -0.2) is 85.3 Å². The SMILES string of the molecule is CCOc1nc2[nH]cc(F)c2cc1Oc1cc(N2CCC3(CC2)CN([C@@H]2CCC[C@@H]2c2ccccc2C(C)(F)F)C3)ccc1C(=O)NS(=O)(=O)c1ccc(NC[C@H]2CC[C@](C)(O)CC2)c(N=O)c1. The lowest BCUT2D eigenvalue weighted by molar-refractivity contribution is -0.0499. The molecular formula is C50H58F3N7O7S. The van der Waals surface area contributed by atoms with Crippen LogP contribution < -0.4 is 24.4 Å². The summed E-state index contributed by atoms with van der Waals surface area (Å²) in [5, 5.41) is 16.7. The number of anilines is 2. The van der Waals surface area contributed by atoms with Gasteiger partial charge in [-0.1, -0.05) is 30.7 Å². The Morgan fingerprint density at radius 2 is 1.75 bits per heavy atom. The standard InChI is InChI=1S/C50H58F3N7O7S/c1-4-66-47-44(26-37-39(51)28-55-45(37)56-47)67-43-24-32(59-22-20-50(21-23-59)29-60(30-50)42-11-7-9-35(42)34-8-5-6-10-38(34)49(3,52)53)12-14-36(43)46(61)58-68(64,65)33-13-15-40(41(25-33)57-63)54-27-31-16-18-48(2,62)19-17-31/h5-6,8,10,12-15,24-26,28,31,35,42,54,62H,4,7,9,11,16-23,27,29-30H2,1-3H3,(H,55,56)(H,58,61)/t31-,35-,42-,48-/m1/s1. The van der Waals surface area contributed by atoms with E-state index in [0.29, 0.717) is 43.9 Å². The van der Waals surface area contributed by atoms with Crippen molar-refractivity contribution < 1.29 is 41.0 Å². The average molecular weight is 958 g/mol. The highest BCUT2D eigenvalue weighted by Gasteiger charge is 2.50. The Morgan fingerprint density at radius 3 is 2.47 bits per heavy atom. The Bertz CT molecular complexity index is 2790. The van der Waals surface area contributed by atoms with Crippen LogP contribution in [0.4, 0.5) is 30.2 Å². The van der Waals surface area contributed by atoms with Crippen molar-refractivity contribution in [3.8, 4) is 17.4 Å². The van der Waals surface area contributed by atoms with Crippen molar-refractivity contribution in [2.24, 2.45) is 16.5 Å². The third-order valence-electron chi connectivity index (χ3n) is 14.7. The number of benzene rings is 3. The number of H-pyrrole nitrogens is 1. The van der Waals surface area contributed by atoms with Gasteiger partial charge in [0.2, 0.25) is 0 Å². The molecule has 4 aliphatic rings. The highest BCUT2D eigenvalue weighted by Crippen LogP contribution is 2.50. The molecule has 2 aliphatic heterocycles. The minimum atomic E-state index is -4.57. The Morgan fingerprint density at radius 1 is 1.00 bits per heavy atom. The maximum atomic E-state index is 14.9. The van der Waals surface area contributed by atoms with Crippen LogP contribution in [0, 0.1) is 22.1 Å². The zero-order chi connectivity index (χ0) is 48.0. The summed E-state index contributed by atoms with van der Waals surface area (Å²) in [6.45, 7) is 8.36. The number of hydrogen-bond donors (Lipinski definition) is 4. The number of aromatic amines is 1. The maximum absolute atomic E-state index is 14.9. The third kappa shape index (κ3) is 9.77. The number of nitroso groups, excluding NO2 is 1. The molecule has 14 nitrogen and oxygen atoms in total. The molecule has 0 bridgehead atoms. The number of rotatable bonds is 15. The van der Waals surface area contributed by atoms with Crippen LogP contribution in [0.1, 0.15) is 106 Å². The number of hydrogen-bond acceptors (Lipinski definition) is 12. The predicted octanol–water partition coefficient (Wildman–Crippen LogP) is 10.1. The average Bonchev–Trinajstić information content (AvgIpc) is 3.93. The largest absolute Gasteiger partial charge is 0.475 e. The molecule has 9 rings (SSSR count). The van der Waals surface area contributed by atoms with Gasteiger partial charge in [-0.05, 0) is 124 Å². The van der Waals surface area contributed by atoms with E-state index in [4.69, 9.17) is 9.47 Å². The van der Waals surface area contributed by atoms with Gasteiger partial charge in [0, 0.05) is 75.3 Å². The monoisotopic (exact) mass is 957 g/mol. The quantitative estimate of drug-likeness (QED) is 0.0734. The number of pyridine rings is 1. The first-order valence-electron chi connectivity index (χ1n) is 23.5. The topological polar surface area (TPSA) is 179 Å². The Balaban J connectivity index is 0.927. The second kappa shape index (κ2) is 18.6. The Hall–Kier alpha value is -5.72. The molecule has 1 spiro atoms. The van der Waals surface area contributed by atoms with Crippen LogP contribution >= 0.6 is 0 Å². The number of fused-ring (bicyclic) bond motifs is 1. The first-order valence-corrected chi connectivity index (χ1v) is 25.0. The third-order valence-corrected chi connectivity index (χ3v) is 16.0. The van der Waals surface area contributed by atoms with Gasteiger partial charge >= 0.3 is 0 Å². The fourth-order valence-corrected chi connectivity index (χ4v) is 11.8. The summed E-state index contributed by atoms with van der Waals surface area (Å²) < 4.78 is 86.1. The smallest absolute Gasteiger partial charge is 0.270 e. The lowest BCUT2D eigenvalue weighted by Gasteiger charge is -2.57. The fourth-order valence-electron chi connectivity index (χ4n) is 10.9. The second-order valence-corrected chi connectivity index (χ2v) is 21.2. The highest BCUT2D eigenvalue weighted by atomic mass is 32.2. The molecule has 3 aromatic carbocycles. The van der Waals surface area contributed by atoms with Gasteiger partial charge in [0.1, 0.15) is 22.9 Å². The summed E-state index contributed by atoms with van der Waals surface area (Å²) in [5.74, 6) is -4.24. The summed E-state index contributed by atoms with van der Waals surface area (Å²) in [5.41, 5.74) is 1.22. The number of nitrogens with zero attached hydrogens (tertiary/aromatic N) is 4. The predicted molar refractivity (Wildman–Crippen MR) is 253 cm³/mol. The number of carbonyl (C=O) groups excluding carboxylic acids is 1. The molecule has 4 N–H and O–H groups in total. The van der Waals surface area contributed by atoms with Gasteiger partial charge in [-0.3, -0.25) is 9.69 Å². The number of halogens is 3. The van der Waals surface area contributed by atoms with Gasteiger partial charge in [-0.15, -0.1) is 4.91 Å². The first kappa shape index (κ1) is 47.4. The molecule has 18 heteroatoms. The summed E-state index contributed by atoms with van der Waals surface area (Å²) in [6, 6.07) is 17.2. The van der Waals surface area contributed by atoms with E-state index in [1.807, 2.05) is 19.1 Å². The first-order chi connectivity index (χ1) is 32.4. The zero-order valence-corrected chi connectivity index (χ0v) is 39.3. The number of likely N-dealkylation sites (tertiary alicyclic amines) is 1. The van der Waals surface area contributed by atoms with Gasteiger partial charge < -0.3 is 29.8 Å². The fraction of sp³-hybridized carbons (Fsp3) is 0.480. The van der Waals surface area contributed by atoms with Crippen molar-refractivity contribution >= 4 is 44.0 Å². The minimum absolute atomic E-state index is 0.00190. The van der Waals surface area contributed by atoms with E-state index in [1.165, 1.54) is 24.3 Å². The highest BCUT2D eigenvalue weighted by molar-refractivity contribution is 7.90. The number of alkyl halides is 2. The molecule has 4 fully saturated rings. The molecular weight excluding hydrogens is 900 g/mol. The van der Waals surface area contributed by atoms with Crippen molar-refractivity contribution in [2.75, 3.05) is 49.5 Å². The van der Waals surface area contributed by atoms with Crippen molar-refractivity contribution in [1.29, 1.82) is 0 Å². The van der Waals surface area contributed by atoms with E-state index in [2.05, 4.69) is 35.0 Å². The number of carbonyl (C=O) groups is 1. The number of nitrogens with one attached hydrogen (secondary N) is 3. The molecule has 68 heavy (non-hydrogen) atoms. The van der Waals surface area contributed by atoms with Gasteiger partial charge in [0.25, 0.3) is 27.7 Å². The molecule has 1 amide bonds. The molecule has 2 atom stereocenters. The number of sulfonamides is 1. The van der Waals surface area contributed by atoms with E-state index < -0.39 is 33.3 Å². The lowest BCUT2D eigenvalue weighted by atomic mass is 9.70. The normalized spacial score (nSPS) is 23.0. The van der Waals surface area contributed by atoms with Crippen molar-refractivity contribution in [1.82, 2.24) is 19.6 Å². The summed E-state index contributed by atoms with van der Waals surface area (Å²) >= 11 is 0. The molecule has 2 aromatic heterocycles. The van der Waals surface area contributed by atoms with Crippen molar-refractivity contribution in [3.05, 3.63) is 100 Å². The van der Waals surface area contributed by atoms with E-state index in [-0.39, 0.29) is 80.0 Å². The molecule has 2 aliphatic carbocycles.